The minimum absolute atomic E-state index is 0.128. The summed E-state index contributed by atoms with van der Waals surface area (Å²) in [6, 6.07) is 3.12. The van der Waals surface area contributed by atoms with Gasteiger partial charge in [-0.05, 0) is 12.1 Å². The van der Waals surface area contributed by atoms with Crippen LogP contribution in [-0.2, 0) is 7.05 Å². The Morgan fingerprint density at radius 2 is 1.95 bits per heavy atom. The molecule has 0 aliphatic carbocycles. The van der Waals surface area contributed by atoms with Crippen molar-refractivity contribution in [2.75, 3.05) is 7.11 Å². The number of ketones is 1. The first-order valence-corrected chi connectivity index (χ1v) is 6.35. The van der Waals surface area contributed by atoms with Crippen LogP contribution in [0, 0.1) is 0 Å². The number of nitrogens with zero attached hydrogens (tertiary/aromatic N) is 2. The van der Waals surface area contributed by atoms with Gasteiger partial charge < -0.3 is 4.74 Å². The van der Waals surface area contributed by atoms with Crippen LogP contribution < -0.4 is 4.74 Å². The van der Waals surface area contributed by atoms with Crippen LogP contribution in [0.15, 0.2) is 18.3 Å². The monoisotopic (exact) mass is 318 g/mol. The Morgan fingerprint density at radius 1 is 1.26 bits per heavy atom. The zero-order valence-corrected chi connectivity index (χ0v) is 12.3. The molecule has 0 bridgehead atoms. The van der Waals surface area contributed by atoms with Gasteiger partial charge in [-0.1, -0.05) is 34.8 Å². The van der Waals surface area contributed by atoms with Crippen LogP contribution in [0.5, 0.6) is 5.75 Å². The second-order valence-electron chi connectivity index (χ2n) is 3.74. The van der Waals surface area contributed by atoms with Crippen LogP contribution in [0.2, 0.25) is 15.1 Å². The molecule has 0 radical (unpaired) electrons. The lowest BCUT2D eigenvalue weighted by atomic mass is 10.1. The van der Waals surface area contributed by atoms with Gasteiger partial charge >= 0.3 is 0 Å². The largest absolute Gasteiger partial charge is 0.495 e. The molecular formula is C12H9Cl3N2O2. The SMILES string of the molecule is COc1ccc(C(=O)c2c(Cl)cnn2C)c(Cl)c1Cl. The van der Waals surface area contributed by atoms with Gasteiger partial charge in [0.25, 0.3) is 0 Å². The highest BCUT2D eigenvalue weighted by Gasteiger charge is 2.22. The number of aromatic nitrogens is 2. The van der Waals surface area contributed by atoms with Gasteiger partial charge in [-0.25, -0.2) is 0 Å². The number of carbonyl (C=O) groups excluding carboxylic acids is 1. The van der Waals surface area contributed by atoms with Crippen molar-refractivity contribution in [2.24, 2.45) is 7.05 Å². The van der Waals surface area contributed by atoms with E-state index in [1.165, 1.54) is 18.0 Å². The molecule has 0 spiro atoms. The highest BCUT2D eigenvalue weighted by Crippen LogP contribution is 2.35. The summed E-state index contributed by atoms with van der Waals surface area (Å²) in [6.07, 6.45) is 1.40. The Bertz CT molecular complexity index is 633. The molecule has 0 N–H and O–H groups in total. The molecule has 0 saturated heterocycles. The average molecular weight is 320 g/mol. The zero-order chi connectivity index (χ0) is 14.2. The Kier molecular flexibility index (Phi) is 4.04. The molecule has 0 saturated carbocycles. The van der Waals surface area contributed by atoms with Crippen molar-refractivity contribution in [3.63, 3.8) is 0 Å². The Labute approximate surface area is 124 Å². The zero-order valence-electron chi connectivity index (χ0n) is 10.1. The maximum Gasteiger partial charge on any atom is 0.214 e. The Morgan fingerprint density at radius 3 is 2.47 bits per heavy atom. The molecule has 4 nitrogen and oxygen atoms in total. The van der Waals surface area contributed by atoms with Gasteiger partial charge in [-0.15, -0.1) is 0 Å². The Hall–Kier alpha value is -1.23. The van der Waals surface area contributed by atoms with E-state index < -0.39 is 0 Å². The molecular weight excluding hydrogens is 311 g/mol. The van der Waals surface area contributed by atoms with Crippen molar-refractivity contribution in [3.05, 3.63) is 44.7 Å². The Balaban J connectivity index is 2.55. The predicted molar refractivity (Wildman–Crippen MR) is 74.7 cm³/mol. The number of rotatable bonds is 3. The molecule has 1 aromatic heterocycles. The molecule has 0 aliphatic heterocycles. The fourth-order valence-corrected chi connectivity index (χ4v) is 2.39. The summed E-state index contributed by atoms with van der Waals surface area (Å²) in [5, 5.41) is 4.49. The summed E-state index contributed by atoms with van der Waals surface area (Å²) in [6.45, 7) is 0. The van der Waals surface area contributed by atoms with Gasteiger partial charge in [0.05, 0.1) is 23.4 Å². The van der Waals surface area contributed by atoms with Gasteiger partial charge in [0.15, 0.2) is 0 Å². The van der Waals surface area contributed by atoms with E-state index in [1.54, 1.807) is 19.2 Å². The summed E-state index contributed by atoms with van der Waals surface area (Å²) in [7, 11) is 3.09. The fourth-order valence-electron chi connectivity index (χ4n) is 1.66. The predicted octanol–water partition coefficient (Wildman–Crippen LogP) is 3.62. The number of ether oxygens (including phenoxy) is 1. The highest BCUT2D eigenvalue weighted by molar-refractivity contribution is 6.45. The van der Waals surface area contributed by atoms with Crippen molar-refractivity contribution < 1.29 is 9.53 Å². The molecule has 7 heteroatoms. The van der Waals surface area contributed by atoms with Crippen LogP contribution in [-0.4, -0.2) is 22.7 Å². The van der Waals surface area contributed by atoms with E-state index in [0.717, 1.165) is 0 Å². The first-order valence-electron chi connectivity index (χ1n) is 5.21. The van der Waals surface area contributed by atoms with Crippen LogP contribution in [0.4, 0.5) is 0 Å². The number of benzene rings is 1. The lowest BCUT2D eigenvalue weighted by Crippen LogP contribution is -2.09. The summed E-state index contributed by atoms with van der Waals surface area (Å²) < 4.78 is 6.42. The minimum atomic E-state index is -0.348. The van der Waals surface area contributed by atoms with Gasteiger partial charge in [-0.3, -0.25) is 9.48 Å². The second kappa shape index (κ2) is 5.41. The van der Waals surface area contributed by atoms with E-state index in [1.807, 2.05) is 0 Å². The molecule has 1 heterocycles. The number of halogens is 3. The topological polar surface area (TPSA) is 44.1 Å². The lowest BCUT2D eigenvalue weighted by molar-refractivity contribution is 0.103. The van der Waals surface area contributed by atoms with Crippen LogP contribution in [0.25, 0.3) is 0 Å². The van der Waals surface area contributed by atoms with E-state index in [2.05, 4.69) is 5.10 Å². The number of hydrogen-bond acceptors (Lipinski definition) is 3. The van der Waals surface area contributed by atoms with Crippen molar-refractivity contribution in [3.8, 4) is 5.75 Å². The van der Waals surface area contributed by atoms with Crippen molar-refractivity contribution in [2.45, 2.75) is 0 Å². The molecule has 0 aliphatic rings. The molecule has 19 heavy (non-hydrogen) atoms. The van der Waals surface area contributed by atoms with Crippen LogP contribution >= 0.6 is 34.8 Å². The fraction of sp³-hybridized carbons (Fsp3) is 0.167. The average Bonchev–Trinajstić information content (AvgIpc) is 2.71. The standard InChI is InChI=1S/C12H9Cl3N2O2/c1-17-11(7(13)5-16-17)12(18)6-3-4-8(19-2)10(15)9(6)14/h3-5H,1-2H3. The van der Waals surface area contributed by atoms with E-state index in [0.29, 0.717) is 5.75 Å². The third-order valence-corrected chi connectivity index (χ3v) is 3.76. The van der Waals surface area contributed by atoms with Crippen molar-refractivity contribution in [1.29, 1.82) is 0 Å². The first kappa shape index (κ1) is 14.2. The van der Waals surface area contributed by atoms with E-state index in [4.69, 9.17) is 39.5 Å². The van der Waals surface area contributed by atoms with Gasteiger partial charge in [0.1, 0.15) is 16.5 Å². The number of hydrogen-bond donors (Lipinski definition) is 0. The summed E-state index contributed by atoms with van der Waals surface area (Å²) >= 11 is 18.0. The molecule has 0 amide bonds. The first-order chi connectivity index (χ1) is 8.97. The van der Waals surface area contributed by atoms with E-state index >= 15 is 0 Å². The molecule has 0 fully saturated rings. The normalized spacial score (nSPS) is 10.6. The molecule has 2 rings (SSSR count). The third kappa shape index (κ3) is 2.43. The quantitative estimate of drug-likeness (QED) is 0.812. The molecule has 0 unspecified atom stereocenters. The van der Waals surface area contributed by atoms with Crippen LogP contribution in [0.3, 0.4) is 0 Å². The number of aryl methyl sites for hydroxylation is 1. The molecule has 1 aromatic carbocycles. The minimum Gasteiger partial charge on any atom is -0.495 e. The lowest BCUT2D eigenvalue weighted by Gasteiger charge is -2.09. The summed E-state index contributed by atoms with van der Waals surface area (Å²) in [4.78, 5) is 12.4. The van der Waals surface area contributed by atoms with E-state index in [9.17, 15) is 4.79 Å². The molecule has 100 valence electrons. The number of carbonyl (C=O) groups is 1. The van der Waals surface area contributed by atoms with Crippen molar-refractivity contribution >= 4 is 40.6 Å². The smallest absolute Gasteiger partial charge is 0.214 e. The number of methoxy groups -OCH3 is 1. The van der Waals surface area contributed by atoms with Gasteiger partial charge in [-0.2, -0.15) is 5.10 Å². The van der Waals surface area contributed by atoms with E-state index in [-0.39, 0.29) is 32.1 Å². The summed E-state index contributed by atoms with van der Waals surface area (Å²) in [5.74, 6) is 0.0545. The summed E-state index contributed by atoms with van der Waals surface area (Å²) in [5.41, 5.74) is 0.503. The maximum absolute atomic E-state index is 12.4. The maximum atomic E-state index is 12.4. The van der Waals surface area contributed by atoms with Crippen LogP contribution in [0.1, 0.15) is 16.1 Å². The van der Waals surface area contributed by atoms with Gasteiger partial charge in [0.2, 0.25) is 5.78 Å². The highest BCUT2D eigenvalue weighted by atomic mass is 35.5. The molecule has 0 atom stereocenters. The second-order valence-corrected chi connectivity index (χ2v) is 4.90. The molecule has 2 aromatic rings. The van der Waals surface area contributed by atoms with Crippen molar-refractivity contribution in [1.82, 2.24) is 9.78 Å². The van der Waals surface area contributed by atoms with Gasteiger partial charge in [0, 0.05) is 12.6 Å². The third-order valence-electron chi connectivity index (χ3n) is 2.62.